The predicted molar refractivity (Wildman–Crippen MR) is 92.1 cm³/mol. The van der Waals surface area contributed by atoms with Gasteiger partial charge in [-0.3, -0.25) is 4.79 Å². The molecule has 1 aromatic carbocycles. The van der Waals surface area contributed by atoms with Crippen LogP contribution < -0.4 is 16.4 Å². The molecule has 0 aliphatic rings. The molecule has 0 radical (unpaired) electrons. The van der Waals surface area contributed by atoms with Crippen LogP contribution in [0, 0.1) is 6.92 Å². The molecular weight excluding hydrogens is 352 g/mol. The number of hydrogen-bond acceptors (Lipinski definition) is 5. The number of aromatic nitrogens is 1. The van der Waals surface area contributed by atoms with Crippen molar-refractivity contribution in [2.75, 3.05) is 22.9 Å². The summed E-state index contributed by atoms with van der Waals surface area (Å²) in [6.45, 7) is 4.83. The van der Waals surface area contributed by atoms with Crippen LogP contribution in [0.5, 0.6) is 0 Å². The van der Waals surface area contributed by atoms with E-state index in [9.17, 15) is 4.79 Å². The highest BCUT2D eigenvalue weighted by Gasteiger charge is 2.17. The zero-order valence-corrected chi connectivity index (χ0v) is 14.3. The summed E-state index contributed by atoms with van der Waals surface area (Å²) in [6, 6.07) is 5.76. The van der Waals surface area contributed by atoms with Crippen LogP contribution in [0.25, 0.3) is 0 Å². The molecule has 1 aromatic heterocycles. The highest BCUT2D eigenvalue weighted by Crippen LogP contribution is 2.28. The molecular formula is C14H17BrN4OS. The van der Waals surface area contributed by atoms with E-state index in [0.29, 0.717) is 10.0 Å². The topological polar surface area (TPSA) is 80.0 Å². The number of halogens is 1. The van der Waals surface area contributed by atoms with Crippen LogP contribution in [0.4, 0.5) is 16.6 Å². The molecule has 4 N–H and O–H groups in total. The van der Waals surface area contributed by atoms with Gasteiger partial charge in [0.05, 0.1) is 5.69 Å². The molecule has 0 unspecified atom stereocenters. The molecule has 0 saturated heterocycles. The van der Waals surface area contributed by atoms with Gasteiger partial charge in [0.25, 0.3) is 5.91 Å². The summed E-state index contributed by atoms with van der Waals surface area (Å²) < 4.78 is 0.828. The lowest BCUT2D eigenvalue weighted by molar-refractivity contribution is 0.103. The quantitative estimate of drug-likeness (QED) is 0.748. The summed E-state index contributed by atoms with van der Waals surface area (Å²) in [7, 11) is 0. The Morgan fingerprint density at radius 3 is 2.95 bits per heavy atom. The second-order valence-electron chi connectivity index (χ2n) is 4.60. The van der Waals surface area contributed by atoms with Gasteiger partial charge >= 0.3 is 0 Å². The van der Waals surface area contributed by atoms with Gasteiger partial charge in [-0.15, -0.1) is 0 Å². The van der Waals surface area contributed by atoms with Gasteiger partial charge in [0, 0.05) is 11.0 Å². The summed E-state index contributed by atoms with van der Waals surface area (Å²) in [6.07, 6.45) is 0.983. The third-order valence-electron chi connectivity index (χ3n) is 2.76. The third kappa shape index (κ3) is 3.95. The van der Waals surface area contributed by atoms with E-state index in [2.05, 4.69) is 38.5 Å². The first kappa shape index (κ1) is 15.8. The fourth-order valence-corrected chi connectivity index (χ4v) is 2.87. The highest BCUT2D eigenvalue weighted by molar-refractivity contribution is 9.10. The summed E-state index contributed by atoms with van der Waals surface area (Å²) in [5.41, 5.74) is 7.61. The summed E-state index contributed by atoms with van der Waals surface area (Å²) in [4.78, 5) is 16.9. The molecule has 0 spiro atoms. The Bertz CT molecular complexity index is 656. The summed E-state index contributed by atoms with van der Waals surface area (Å²) >= 11 is 4.68. The zero-order chi connectivity index (χ0) is 15.4. The standard InChI is InChI=1S/C14H17BrN4OS/c1-3-6-17-14-19-12(16)11(21-14)13(20)18-10-7-8(2)4-5-9(10)15/h4-5,7H,3,6,16H2,1-2H3,(H,17,19)(H,18,20). The van der Waals surface area contributed by atoms with Crippen LogP contribution in [0.2, 0.25) is 0 Å². The van der Waals surface area contributed by atoms with E-state index in [1.807, 2.05) is 25.1 Å². The molecule has 0 aliphatic carbocycles. The Hall–Kier alpha value is -1.60. The van der Waals surface area contributed by atoms with E-state index in [1.165, 1.54) is 11.3 Å². The maximum absolute atomic E-state index is 12.3. The number of amides is 1. The lowest BCUT2D eigenvalue weighted by atomic mass is 10.2. The number of carbonyl (C=O) groups excluding carboxylic acids is 1. The first-order valence-corrected chi connectivity index (χ1v) is 8.20. The normalized spacial score (nSPS) is 10.4. The van der Waals surface area contributed by atoms with Crippen molar-refractivity contribution < 1.29 is 4.79 Å². The van der Waals surface area contributed by atoms with Crippen molar-refractivity contribution in [3.8, 4) is 0 Å². The lowest BCUT2D eigenvalue weighted by Crippen LogP contribution is -2.12. The number of aryl methyl sites for hydroxylation is 1. The zero-order valence-electron chi connectivity index (χ0n) is 11.9. The van der Waals surface area contributed by atoms with Crippen molar-refractivity contribution in [2.45, 2.75) is 20.3 Å². The predicted octanol–water partition coefficient (Wildman–Crippen LogP) is 3.87. The van der Waals surface area contributed by atoms with E-state index in [-0.39, 0.29) is 11.7 Å². The number of nitrogens with two attached hydrogens (primary N) is 1. The number of anilines is 3. The van der Waals surface area contributed by atoms with Gasteiger partial charge in [0.15, 0.2) is 5.13 Å². The van der Waals surface area contributed by atoms with Gasteiger partial charge < -0.3 is 16.4 Å². The van der Waals surface area contributed by atoms with Gasteiger partial charge in [-0.1, -0.05) is 24.3 Å². The highest BCUT2D eigenvalue weighted by atomic mass is 79.9. The molecule has 112 valence electrons. The monoisotopic (exact) mass is 368 g/mol. The van der Waals surface area contributed by atoms with Gasteiger partial charge in [0.1, 0.15) is 10.7 Å². The van der Waals surface area contributed by atoms with Crippen molar-refractivity contribution in [1.82, 2.24) is 4.98 Å². The minimum atomic E-state index is -0.249. The minimum Gasteiger partial charge on any atom is -0.382 e. The molecule has 0 bridgehead atoms. The Morgan fingerprint density at radius 1 is 1.48 bits per heavy atom. The number of thiazole rings is 1. The number of nitrogen functional groups attached to an aromatic ring is 1. The lowest BCUT2D eigenvalue weighted by Gasteiger charge is -2.07. The summed E-state index contributed by atoms with van der Waals surface area (Å²) in [5.74, 6) is 0.000673. The molecule has 0 atom stereocenters. The van der Waals surface area contributed by atoms with Gasteiger partial charge in [0.2, 0.25) is 0 Å². The van der Waals surface area contributed by atoms with Crippen LogP contribution in [0.3, 0.4) is 0 Å². The maximum atomic E-state index is 12.3. The van der Waals surface area contributed by atoms with Crippen LogP contribution >= 0.6 is 27.3 Å². The average Bonchev–Trinajstić information content (AvgIpc) is 2.82. The summed E-state index contributed by atoms with van der Waals surface area (Å²) in [5, 5.41) is 6.66. The SMILES string of the molecule is CCCNc1nc(N)c(C(=O)Nc2cc(C)ccc2Br)s1. The van der Waals surface area contributed by atoms with E-state index < -0.39 is 0 Å². The van der Waals surface area contributed by atoms with Crippen molar-refractivity contribution in [1.29, 1.82) is 0 Å². The fraction of sp³-hybridized carbons (Fsp3) is 0.286. The molecule has 7 heteroatoms. The van der Waals surface area contributed by atoms with Gasteiger partial charge in [-0.25, -0.2) is 4.98 Å². The van der Waals surface area contributed by atoms with Gasteiger partial charge in [-0.2, -0.15) is 0 Å². The number of benzene rings is 1. The molecule has 5 nitrogen and oxygen atoms in total. The Kier molecular flexibility index (Phi) is 5.19. The Morgan fingerprint density at radius 2 is 2.24 bits per heavy atom. The number of rotatable bonds is 5. The number of hydrogen-bond donors (Lipinski definition) is 3. The molecule has 0 aliphatic heterocycles. The second-order valence-corrected chi connectivity index (χ2v) is 6.45. The third-order valence-corrected chi connectivity index (χ3v) is 4.48. The van der Waals surface area contributed by atoms with Crippen LogP contribution in [-0.2, 0) is 0 Å². The number of nitrogens with one attached hydrogen (secondary N) is 2. The molecule has 1 heterocycles. The van der Waals surface area contributed by atoms with E-state index in [1.54, 1.807) is 0 Å². The maximum Gasteiger partial charge on any atom is 0.269 e. The smallest absolute Gasteiger partial charge is 0.269 e. The van der Waals surface area contributed by atoms with Crippen molar-refractivity contribution in [3.63, 3.8) is 0 Å². The van der Waals surface area contributed by atoms with Crippen molar-refractivity contribution in [3.05, 3.63) is 33.1 Å². The average molecular weight is 369 g/mol. The van der Waals surface area contributed by atoms with Crippen molar-refractivity contribution >= 4 is 49.8 Å². The van der Waals surface area contributed by atoms with E-state index in [4.69, 9.17) is 5.73 Å². The van der Waals surface area contributed by atoms with E-state index >= 15 is 0 Å². The van der Waals surface area contributed by atoms with Crippen LogP contribution in [0.15, 0.2) is 22.7 Å². The number of carbonyl (C=O) groups is 1. The first-order chi connectivity index (χ1) is 10.0. The van der Waals surface area contributed by atoms with E-state index in [0.717, 1.165) is 28.7 Å². The van der Waals surface area contributed by atoms with Crippen molar-refractivity contribution in [2.24, 2.45) is 0 Å². The molecule has 0 fully saturated rings. The second kappa shape index (κ2) is 6.91. The molecule has 0 saturated carbocycles. The Balaban J connectivity index is 2.16. The molecule has 21 heavy (non-hydrogen) atoms. The van der Waals surface area contributed by atoms with Gasteiger partial charge in [-0.05, 0) is 47.0 Å². The van der Waals surface area contributed by atoms with Crippen LogP contribution in [-0.4, -0.2) is 17.4 Å². The number of nitrogens with zero attached hydrogens (tertiary/aromatic N) is 1. The molecule has 2 aromatic rings. The first-order valence-electron chi connectivity index (χ1n) is 6.59. The largest absolute Gasteiger partial charge is 0.382 e. The molecule has 1 amide bonds. The minimum absolute atomic E-state index is 0.249. The van der Waals surface area contributed by atoms with Crippen LogP contribution in [0.1, 0.15) is 28.6 Å². The Labute approximate surface area is 136 Å². The molecule has 2 rings (SSSR count). The fourth-order valence-electron chi connectivity index (χ4n) is 1.72.